The van der Waals surface area contributed by atoms with E-state index in [-0.39, 0.29) is 12.0 Å². The van der Waals surface area contributed by atoms with E-state index in [1.165, 1.54) is 11.3 Å². The molecule has 2 atom stereocenters. The molecule has 21 heavy (non-hydrogen) atoms. The van der Waals surface area contributed by atoms with E-state index in [1.807, 2.05) is 18.7 Å². The lowest BCUT2D eigenvalue weighted by atomic mass is 10.1. The van der Waals surface area contributed by atoms with Crippen molar-refractivity contribution in [3.63, 3.8) is 0 Å². The second kappa shape index (κ2) is 6.02. The Morgan fingerprint density at radius 3 is 2.48 bits per heavy atom. The molecule has 1 saturated carbocycles. The van der Waals surface area contributed by atoms with Crippen molar-refractivity contribution in [2.24, 2.45) is 0 Å². The van der Waals surface area contributed by atoms with Crippen LogP contribution in [0.15, 0.2) is 0 Å². The van der Waals surface area contributed by atoms with Gasteiger partial charge >= 0.3 is 0 Å². The molecule has 5 nitrogen and oxygen atoms in total. The van der Waals surface area contributed by atoms with Gasteiger partial charge in [0.1, 0.15) is 4.88 Å². The highest BCUT2D eigenvalue weighted by Crippen LogP contribution is 2.26. The molecule has 1 amide bonds. The Morgan fingerprint density at radius 2 is 1.95 bits per heavy atom. The van der Waals surface area contributed by atoms with Gasteiger partial charge in [0.15, 0.2) is 0 Å². The van der Waals surface area contributed by atoms with Gasteiger partial charge in [0.25, 0.3) is 5.91 Å². The number of hydrogen-bond acceptors (Lipinski definition) is 5. The molecule has 1 aliphatic heterocycles. The summed E-state index contributed by atoms with van der Waals surface area (Å²) in [6, 6.07) is 0.301. The van der Waals surface area contributed by atoms with Crippen LogP contribution in [-0.2, 0) is 0 Å². The number of piperazine rings is 1. The molecule has 2 heterocycles. The lowest BCUT2D eigenvalue weighted by Crippen LogP contribution is -2.53. The molecule has 3 rings (SSSR count). The highest BCUT2D eigenvalue weighted by atomic mass is 32.1. The maximum atomic E-state index is 12.6. The van der Waals surface area contributed by atoms with Crippen LogP contribution in [0.4, 0.5) is 0 Å². The molecule has 116 valence electrons. The zero-order valence-corrected chi connectivity index (χ0v) is 13.5. The molecule has 1 aromatic rings. The minimum absolute atomic E-state index is 0.115. The Hall–Kier alpha value is -0.980. The maximum absolute atomic E-state index is 12.6. The summed E-state index contributed by atoms with van der Waals surface area (Å²) in [5, 5.41) is 11.0. The van der Waals surface area contributed by atoms with Gasteiger partial charge < -0.3 is 10.0 Å². The van der Waals surface area contributed by atoms with Crippen LogP contribution in [0, 0.1) is 13.8 Å². The van der Waals surface area contributed by atoms with E-state index in [2.05, 4.69) is 9.88 Å². The predicted molar refractivity (Wildman–Crippen MR) is 82.7 cm³/mol. The van der Waals surface area contributed by atoms with Crippen molar-refractivity contribution in [3.05, 3.63) is 15.6 Å². The first-order valence-electron chi connectivity index (χ1n) is 7.71. The van der Waals surface area contributed by atoms with Crippen LogP contribution in [0.25, 0.3) is 0 Å². The number of rotatable bonds is 2. The Kier molecular flexibility index (Phi) is 4.28. The highest BCUT2D eigenvalue weighted by Gasteiger charge is 2.33. The van der Waals surface area contributed by atoms with Crippen molar-refractivity contribution in [2.45, 2.75) is 45.3 Å². The largest absolute Gasteiger partial charge is 0.391 e. The maximum Gasteiger partial charge on any atom is 0.265 e. The first-order valence-corrected chi connectivity index (χ1v) is 8.53. The minimum Gasteiger partial charge on any atom is -0.391 e. The lowest BCUT2D eigenvalue weighted by molar-refractivity contribution is 0.0317. The third kappa shape index (κ3) is 2.98. The van der Waals surface area contributed by atoms with Gasteiger partial charge in [0.2, 0.25) is 0 Å². The lowest BCUT2D eigenvalue weighted by Gasteiger charge is -2.39. The van der Waals surface area contributed by atoms with E-state index in [1.54, 1.807) is 0 Å². The van der Waals surface area contributed by atoms with Gasteiger partial charge in [-0.3, -0.25) is 9.69 Å². The quantitative estimate of drug-likeness (QED) is 0.898. The van der Waals surface area contributed by atoms with Crippen LogP contribution in [-0.4, -0.2) is 64.1 Å². The van der Waals surface area contributed by atoms with E-state index in [9.17, 15) is 9.90 Å². The number of aryl methyl sites for hydroxylation is 2. The van der Waals surface area contributed by atoms with E-state index in [4.69, 9.17) is 0 Å². The van der Waals surface area contributed by atoms with Crippen LogP contribution in [0.2, 0.25) is 0 Å². The first kappa shape index (κ1) is 14.9. The summed E-state index contributed by atoms with van der Waals surface area (Å²) >= 11 is 1.49. The number of thiazole rings is 1. The molecule has 0 spiro atoms. The molecule has 2 fully saturated rings. The fourth-order valence-corrected chi connectivity index (χ4v) is 4.36. The predicted octanol–water partition coefficient (Wildman–Crippen LogP) is 1.43. The molecule has 6 heteroatoms. The molecule has 1 aromatic heterocycles. The summed E-state index contributed by atoms with van der Waals surface area (Å²) in [6.07, 6.45) is 2.94. The van der Waals surface area contributed by atoms with Crippen molar-refractivity contribution in [1.29, 1.82) is 0 Å². The molecular formula is C15H23N3O2S. The fourth-order valence-electron chi connectivity index (χ4n) is 3.48. The molecule has 0 aromatic carbocycles. The number of aliphatic hydroxyl groups excluding tert-OH is 1. The summed E-state index contributed by atoms with van der Waals surface area (Å²) in [4.78, 5) is 22.0. The number of carbonyl (C=O) groups is 1. The summed E-state index contributed by atoms with van der Waals surface area (Å²) in [7, 11) is 0. The standard InChI is InChI=1S/C15H23N3O2S/c1-10-14(21-11(2)16-10)15(20)18-8-6-17(7-9-18)12-4-3-5-13(12)19/h12-13,19H,3-9H2,1-2H3/t12-,13-/m1/s1. The van der Waals surface area contributed by atoms with Crippen molar-refractivity contribution in [2.75, 3.05) is 26.2 Å². The third-order valence-corrected chi connectivity index (χ3v) is 5.67. The number of amides is 1. The third-order valence-electron chi connectivity index (χ3n) is 4.61. The monoisotopic (exact) mass is 309 g/mol. The van der Waals surface area contributed by atoms with Gasteiger partial charge in [-0.15, -0.1) is 11.3 Å². The SMILES string of the molecule is Cc1nc(C)c(C(=O)N2CCN([C@@H]3CCC[C@H]3O)CC2)s1. The summed E-state index contributed by atoms with van der Waals surface area (Å²) in [5.41, 5.74) is 0.844. The van der Waals surface area contributed by atoms with Gasteiger partial charge in [-0.1, -0.05) is 0 Å². The fraction of sp³-hybridized carbons (Fsp3) is 0.733. The average molecular weight is 309 g/mol. The Bertz CT molecular complexity index is 523. The first-order chi connectivity index (χ1) is 10.1. The Morgan fingerprint density at radius 1 is 1.24 bits per heavy atom. The van der Waals surface area contributed by atoms with Gasteiger partial charge in [0, 0.05) is 32.2 Å². The van der Waals surface area contributed by atoms with Crippen molar-refractivity contribution in [1.82, 2.24) is 14.8 Å². The number of aliphatic hydroxyl groups is 1. The molecule has 0 unspecified atom stereocenters. The van der Waals surface area contributed by atoms with Crippen LogP contribution in [0.3, 0.4) is 0 Å². The van der Waals surface area contributed by atoms with Gasteiger partial charge in [-0.25, -0.2) is 4.98 Å². The van der Waals surface area contributed by atoms with Gasteiger partial charge in [-0.2, -0.15) is 0 Å². The van der Waals surface area contributed by atoms with E-state index >= 15 is 0 Å². The molecule has 0 radical (unpaired) electrons. The summed E-state index contributed by atoms with van der Waals surface area (Å²) in [5.74, 6) is 0.115. The highest BCUT2D eigenvalue weighted by molar-refractivity contribution is 7.13. The number of carbonyl (C=O) groups excluding carboxylic acids is 1. The Balaban J connectivity index is 1.60. The molecule has 0 bridgehead atoms. The Labute approximate surface area is 129 Å². The normalized spacial score (nSPS) is 27.3. The van der Waals surface area contributed by atoms with Gasteiger partial charge in [-0.05, 0) is 33.1 Å². The second-order valence-electron chi connectivity index (χ2n) is 6.04. The topological polar surface area (TPSA) is 56.7 Å². The number of nitrogens with zero attached hydrogens (tertiary/aromatic N) is 3. The van der Waals surface area contributed by atoms with Crippen molar-refractivity contribution in [3.8, 4) is 0 Å². The van der Waals surface area contributed by atoms with Crippen LogP contribution in [0.1, 0.15) is 39.6 Å². The smallest absolute Gasteiger partial charge is 0.265 e. The van der Waals surface area contributed by atoms with Crippen LogP contribution < -0.4 is 0 Å². The summed E-state index contributed by atoms with van der Waals surface area (Å²) < 4.78 is 0. The van der Waals surface area contributed by atoms with Crippen molar-refractivity contribution < 1.29 is 9.90 Å². The molecule has 2 aliphatic rings. The number of aromatic nitrogens is 1. The van der Waals surface area contributed by atoms with Crippen molar-refractivity contribution >= 4 is 17.2 Å². The second-order valence-corrected chi connectivity index (χ2v) is 7.24. The zero-order chi connectivity index (χ0) is 15.0. The van der Waals surface area contributed by atoms with E-state index < -0.39 is 0 Å². The van der Waals surface area contributed by atoms with Gasteiger partial charge in [0.05, 0.1) is 16.8 Å². The molecule has 1 saturated heterocycles. The zero-order valence-electron chi connectivity index (χ0n) is 12.7. The molecule has 1 aliphatic carbocycles. The van der Waals surface area contributed by atoms with Crippen LogP contribution in [0.5, 0.6) is 0 Å². The number of hydrogen-bond donors (Lipinski definition) is 1. The summed E-state index contributed by atoms with van der Waals surface area (Å²) in [6.45, 7) is 7.07. The van der Waals surface area contributed by atoms with E-state index in [0.717, 1.165) is 61.0 Å². The minimum atomic E-state index is -0.182. The molecular weight excluding hydrogens is 286 g/mol. The van der Waals surface area contributed by atoms with Crippen LogP contribution >= 0.6 is 11.3 Å². The van der Waals surface area contributed by atoms with E-state index in [0.29, 0.717) is 6.04 Å². The average Bonchev–Trinajstić information content (AvgIpc) is 3.04. The molecule has 1 N–H and O–H groups in total.